The van der Waals surface area contributed by atoms with Crippen molar-refractivity contribution in [2.75, 3.05) is 6.54 Å². The molecule has 5 nitrogen and oxygen atoms in total. The van der Waals surface area contributed by atoms with Gasteiger partial charge in [0.25, 0.3) is 0 Å². The second-order valence-corrected chi connectivity index (χ2v) is 3.35. The van der Waals surface area contributed by atoms with Crippen molar-refractivity contribution in [3.8, 4) is 0 Å². The van der Waals surface area contributed by atoms with Crippen LogP contribution in [-0.2, 0) is 9.59 Å². The number of aliphatic carboxylic acids is 1. The standard InChI is InChI=1S/C8H16N2O3.BrH/c1-5(2)3-6(9)8(13)10-4-7(11)12;/h5-6H,3-4,9H2,1-2H3,(H,10,13)(H,11,12);1H. The van der Waals surface area contributed by atoms with Crippen molar-refractivity contribution in [2.24, 2.45) is 11.7 Å². The molecule has 0 aromatic heterocycles. The molecule has 0 spiro atoms. The summed E-state index contributed by atoms with van der Waals surface area (Å²) in [6.45, 7) is 3.53. The highest BCUT2D eigenvalue weighted by Crippen LogP contribution is 2.01. The Hall–Kier alpha value is -0.620. The summed E-state index contributed by atoms with van der Waals surface area (Å²) in [4.78, 5) is 21.2. The molecule has 0 radical (unpaired) electrons. The number of nitrogens with one attached hydrogen (secondary N) is 1. The maximum atomic E-state index is 11.1. The van der Waals surface area contributed by atoms with Crippen molar-refractivity contribution in [3.05, 3.63) is 0 Å². The second kappa shape index (κ2) is 7.75. The van der Waals surface area contributed by atoms with Gasteiger partial charge < -0.3 is 16.2 Å². The molecule has 1 atom stereocenters. The highest BCUT2D eigenvalue weighted by Gasteiger charge is 2.14. The SMILES string of the molecule is Br.CC(C)CC(N)C(=O)NCC(=O)O. The molecule has 14 heavy (non-hydrogen) atoms. The highest BCUT2D eigenvalue weighted by molar-refractivity contribution is 8.93. The van der Waals surface area contributed by atoms with Crippen molar-refractivity contribution in [1.29, 1.82) is 0 Å². The number of nitrogens with two attached hydrogens (primary N) is 1. The summed E-state index contributed by atoms with van der Waals surface area (Å²) in [6.07, 6.45) is 0.561. The summed E-state index contributed by atoms with van der Waals surface area (Å²) in [6, 6.07) is -0.612. The summed E-state index contributed by atoms with van der Waals surface area (Å²) in [5, 5.41) is 10.5. The zero-order chi connectivity index (χ0) is 10.4. The van der Waals surface area contributed by atoms with E-state index in [1.54, 1.807) is 0 Å². The molecule has 0 aliphatic carbocycles. The minimum absolute atomic E-state index is 0. The van der Waals surface area contributed by atoms with Crippen molar-refractivity contribution >= 4 is 28.9 Å². The predicted molar refractivity (Wildman–Crippen MR) is 58.4 cm³/mol. The average Bonchev–Trinajstić information content (AvgIpc) is 1.98. The van der Waals surface area contributed by atoms with Crippen LogP contribution in [0, 0.1) is 5.92 Å². The first-order valence-electron chi connectivity index (χ1n) is 4.18. The Morgan fingerprint density at radius 2 is 1.93 bits per heavy atom. The van der Waals surface area contributed by atoms with Gasteiger partial charge in [-0.15, -0.1) is 17.0 Å². The molecule has 0 bridgehead atoms. The third-order valence-corrected chi connectivity index (χ3v) is 1.48. The third-order valence-electron chi connectivity index (χ3n) is 1.48. The number of hydrogen-bond donors (Lipinski definition) is 3. The monoisotopic (exact) mass is 268 g/mol. The minimum atomic E-state index is -1.06. The lowest BCUT2D eigenvalue weighted by Gasteiger charge is -2.12. The topological polar surface area (TPSA) is 92.4 Å². The van der Waals surface area contributed by atoms with E-state index in [1.807, 2.05) is 13.8 Å². The first kappa shape index (κ1) is 15.8. The van der Waals surface area contributed by atoms with Crippen LogP contribution in [-0.4, -0.2) is 29.6 Å². The van der Waals surface area contributed by atoms with E-state index in [9.17, 15) is 9.59 Å². The zero-order valence-electron chi connectivity index (χ0n) is 8.32. The molecule has 1 unspecified atom stereocenters. The Labute approximate surface area is 93.8 Å². The van der Waals surface area contributed by atoms with Crippen LogP contribution < -0.4 is 11.1 Å². The van der Waals surface area contributed by atoms with Crippen LogP contribution in [0.3, 0.4) is 0 Å². The molecular formula is C8H17BrN2O3. The number of amides is 1. The van der Waals surface area contributed by atoms with E-state index in [4.69, 9.17) is 10.8 Å². The zero-order valence-corrected chi connectivity index (χ0v) is 10.0. The second-order valence-electron chi connectivity index (χ2n) is 3.35. The van der Waals surface area contributed by atoms with Crippen LogP contribution in [0.25, 0.3) is 0 Å². The lowest BCUT2D eigenvalue weighted by atomic mass is 10.0. The lowest BCUT2D eigenvalue weighted by Crippen LogP contribution is -2.43. The van der Waals surface area contributed by atoms with E-state index in [2.05, 4.69) is 5.32 Å². The Morgan fingerprint density at radius 3 is 2.29 bits per heavy atom. The molecule has 0 heterocycles. The number of hydrogen-bond acceptors (Lipinski definition) is 3. The van der Waals surface area contributed by atoms with E-state index < -0.39 is 17.9 Å². The van der Waals surface area contributed by atoms with Crippen LogP contribution in [0.2, 0.25) is 0 Å². The molecule has 1 amide bonds. The number of rotatable bonds is 5. The molecule has 0 saturated heterocycles. The van der Waals surface area contributed by atoms with Crippen LogP contribution in [0.15, 0.2) is 0 Å². The van der Waals surface area contributed by atoms with Gasteiger partial charge in [0.05, 0.1) is 6.04 Å². The minimum Gasteiger partial charge on any atom is -0.480 e. The molecule has 84 valence electrons. The van der Waals surface area contributed by atoms with E-state index in [0.29, 0.717) is 12.3 Å². The van der Waals surface area contributed by atoms with Gasteiger partial charge in [-0.2, -0.15) is 0 Å². The third kappa shape index (κ3) is 8.00. The fourth-order valence-corrected chi connectivity index (χ4v) is 0.909. The lowest BCUT2D eigenvalue weighted by molar-refractivity contribution is -0.138. The van der Waals surface area contributed by atoms with Crippen LogP contribution in [0.5, 0.6) is 0 Å². The first-order chi connectivity index (χ1) is 5.93. The normalized spacial score (nSPS) is 11.7. The highest BCUT2D eigenvalue weighted by atomic mass is 79.9. The Balaban J connectivity index is 0. The molecule has 0 fully saturated rings. The van der Waals surface area contributed by atoms with Gasteiger partial charge in [0.2, 0.25) is 5.91 Å². The molecular weight excluding hydrogens is 252 g/mol. The summed E-state index contributed by atoms with van der Waals surface area (Å²) < 4.78 is 0. The van der Waals surface area contributed by atoms with Gasteiger partial charge in [0.15, 0.2) is 0 Å². The fraction of sp³-hybridized carbons (Fsp3) is 0.750. The molecule has 0 aromatic carbocycles. The average molecular weight is 269 g/mol. The van der Waals surface area contributed by atoms with Gasteiger partial charge in [0.1, 0.15) is 6.54 Å². The van der Waals surface area contributed by atoms with Crippen molar-refractivity contribution in [1.82, 2.24) is 5.32 Å². The van der Waals surface area contributed by atoms with E-state index in [-0.39, 0.29) is 23.5 Å². The van der Waals surface area contributed by atoms with Gasteiger partial charge >= 0.3 is 5.97 Å². The van der Waals surface area contributed by atoms with Crippen LogP contribution in [0.4, 0.5) is 0 Å². The summed E-state index contributed by atoms with van der Waals surface area (Å²) in [5.41, 5.74) is 5.50. The molecule has 0 aliphatic heterocycles. The Bertz CT molecular complexity index is 197. The van der Waals surface area contributed by atoms with Gasteiger partial charge in [-0.05, 0) is 12.3 Å². The van der Waals surface area contributed by atoms with Gasteiger partial charge in [-0.3, -0.25) is 9.59 Å². The van der Waals surface area contributed by atoms with E-state index in [0.717, 1.165) is 0 Å². The number of carbonyl (C=O) groups excluding carboxylic acids is 1. The predicted octanol–water partition coefficient (Wildman–Crippen LogP) is 0.139. The molecule has 4 N–H and O–H groups in total. The van der Waals surface area contributed by atoms with E-state index >= 15 is 0 Å². The van der Waals surface area contributed by atoms with Gasteiger partial charge in [-0.25, -0.2) is 0 Å². The van der Waals surface area contributed by atoms with Gasteiger partial charge in [0, 0.05) is 0 Å². The number of carbonyl (C=O) groups is 2. The summed E-state index contributed by atoms with van der Waals surface area (Å²) >= 11 is 0. The van der Waals surface area contributed by atoms with Crippen molar-refractivity contribution in [2.45, 2.75) is 26.3 Å². The molecule has 0 aliphatic rings. The molecule has 0 saturated carbocycles. The number of carboxylic acids is 1. The largest absolute Gasteiger partial charge is 0.480 e. The maximum Gasteiger partial charge on any atom is 0.322 e. The van der Waals surface area contributed by atoms with Crippen molar-refractivity contribution < 1.29 is 14.7 Å². The van der Waals surface area contributed by atoms with Gasteiger partial charge in [-0.1, -0.05) is 13.8 Å². The van der Waals surface area contributed by atoms with Crippen LogP contribution >= 0.6 is 17.0 Å². The Morgan fingerprint density at radius 1 is 1.43 bits per heavy atom. The fourth-order valence-electron chi connectivity index (χ4n) is 0.909. The Kier molecular flexibility index (Phi) is 8.77. The first-order valence-corrected chi connectivity index (χ1v) is 4.18. The summed E-state index contributed by atoms with van der Waals surface area (Å²) in [7, 11) is 0. The number of carboxylic acid groups (broad SMARTS) is 1. The molecule has 0 rings (SSSR count). The number of halogens is 1. The molecule has 0 aromatic rings. The van der Waals surface area contributed by atoms with Crippen LogP contribution in [0.1, 0.15) is 20.3 Å². The quantitative estimate of drug-likeness (QED) is 0.661. The van der Waals surface area contributed by atoms with E-state index in [1.165, 1.54) is 0 Å². The van der Waals surface area contributed by atoms with Crippen molar-refractivity contribution in [3.63, 3.8) is 0 Å². The smallest absolute Gasteiger partial charge is 0.322 e. The maximum absolute atomic E-state index is 11.1. The molecule has 6 heteroatoms. The summed E-state index contributed by atoms with van der Waals surface area (Å²) in [5.74, 6) is -1.15.